The second-order valence-electron chi connectivity index (χ2n) is 2.68. The number of rotatable bonds is 5. The number of carboxylic acid groups (broad SMARTS) is 1. The normalized spacial score (nSPS) is 9.23. The molecule has 0 amide bonds. The third-order valence-corrected chi connectivity index (χ3v) is 1.64. The van der Waals surface area contributed by atoms with Gasteiger partial charge < -0.3 is 10.1 Å². The van der Waals surface area contributed by atoms with Crippen LogP contribution in [0.5, 0.6) is 0 Å². The van der Waals surface area contributed by atoms with Crippen molar-refractivity contribution in [2.45, 2.75) is 25.7 Å². The van der Waals surface area contributed by atoms with Crippen LogP contribution in [0, 0.1) is 0 Å². The SMILES string of the molecule is Cl.O=C(O)CCCCc1cnc[nH]1. The molecule has 1 aromatic heterocycles. The molecule has 0 aliphatic carbocycles. The van der Waals surface area contributed by atoms with E-state index < -0.39 is 5.97 Å². The number of aryl methyl sites for hydroxylation is 1. The molecule has 0 spiro atoms. The summed E-state index contributed by atoms with van der Waals surface area (Å²) in [6, 6.07) is 0. The van der Waals surface area contributed by atoms with E-state index in [1.165, 1.54) is 0 Å². The summed E-state index contributed by atoms with van der Waals surface area (Å²) in [5, 5.41) is 8.35. The summed E-state index contributed by atoms with van der Waals surface area (Å²) in [5.41, 5.74) is 1.07. The zero-order valence-corrected chi connectivity index (χ0v) is 8.01. The number of aromatic nitrogens is 2. The van der Waals surface area contributed by atoms with Crippen molar-refractivity contribution in [3.05, 3.63) is 18.2 Å². The Hall–Kier alpha value is -1.03. The number of nitrogens with one attached hydrogen (secondary N) is 1. The Bertz CT molecular complexity index is 236. The third-order valence-electron chi connectivity index (χ3n) is 1.64. The Morgan fingerprint density at radius 2 is 2.31 bits per heavy atom. The number of unbranched alkanes of at least 4 members (excludes halogenated alkanes) is 1. The van der Waals surface area contributed by atoms with Gasteiger partial charge in [-0.3, -0.25) is 4.79 Å². The summed E-state index contributed by atoms with van der Waals surface area (Å²) >= 11 is 0. The van der Waals surface area contributed by atoms with Crippen LogP contribution in [0.25, 0.3) is 0 Å². The highest BCUT2D eigenvalue weighted by molar-refractivity contribution is 5.85. The zero-order valence-electron chi connectivity index (χ0n) is 7.19. The lowest BCUT2D eigenvalue weighted by atomic mass is 10.1. The van der Waals surface area contributed by atoms with Crippen molar-refractivity contribution >= 4 is 18.4 Å². The van der Waals surface area contributed by atoms with Crippen LogP contribution in [-0.4, -0.2) is 21.0 Å². The molecule has 0 radical (unpaired) electrons. The molecular formula is C8H13ClN2O2. The van der Waals surface area contributed by atoms with Gasteiger partial charge in [-0.15, -0.1) is 12.4 Å². The quantitative estimate of drug-likeness (QED) is 0.717. The summed E-state index contributed by atoms with van der Waals surface area (Å²) in [6.07, 6.45) is 6.16. The monoisotopic (exact) mass is 204 g/mol. The minimum Gasteiger partial charge on any atom is -0.481 e. The van der Waals surface area contributed by atoms with Gasteiger partial charge in [0.2, 0.25) is 0 Å². The molecule has 0 atom stereocenters. The number of imidazole rings is 1. The van der Waals surface area contributed by atoms with Crippen molar-refractivity contribution in [2.75, 3.05) is 0 Å². The lowest BCUT2D eigenvalue weighted by Crippen LogP contribution is -1.94. The van der Waals surface area contributed by atoms with Crippen LogP contribution >= 0.6 is 12.4 Å². The van der Waals surface area contributed by atoms with Gasteiger partial charge in [0.1, 0.15) is 0 Å². The van der Waals surface area contributed by atoms with E-state index in [1.807, 2.05) is 0 Å². The number of halogens is 1. The molecular weight excluding hydrogens is 192 g/mol. The van der Waals surface area contributed by atoms with Gasteiger partial charge in [-0.1, -0.05) is 0 Å². The van der Waals surface area contributed by atoms with Crippen molar-refractivity contribution in [2.24, 2.45) is 0 Å². The van der Waals surface area contributed by atoms with Gasteiger partial charge in [0.05, 0.1) is 6.33 Å². The Labute approximate surface area is 82.8 Å². The average Bonchev–Trinajstić information content (AvgIpc) is 2.49. The van der Waals surface area contributed by atoms with Gasteiger partial charge in [0.15, 0.2) is 0 Å². The van der Waals surface area contributed by atoms with E-state index in [0.29, 0.717) is 0 Å². The molecule has 0 aliphatic heterocycles. The fourth-order valence-corrected chi connectivity index (χ4v) is 1.01. The van der Waals surface area contributed by atoms with Gasteiger partial charge in [-0.2, -0.15) is 0 Å². The fraction of sp³-hybridized carbons (Fsp3) is 0.500. The van der Waals surface area contributed by atoms with E-state index in [-0.39, 0.29) is 18.8 Å². The van der Waals surface area contributed by atoms with E-state index in [2.05, 4.69) is 9.97 Å². The van der Waals surface area contributed by atoms with Crippen molar-refractivity contribution in [3.63, 3.8) is 0 Å². The first kappa shape index (κ1) is 12.0. The van der Waals surface area contributed by atoms with Crippen LogP contribution in [0.4, 0.5) is 0 Å². The van der Waals surface area contributed by atoms with Gasteiger partial charge >= 0.3 is 5.97 Å². The third kappa shape index (κ3) is 5.25. The number of aliphatic carboxylic acids is 1. The predicted molar refractivity (Wildman–Crippen MR) is 51.0 cm³/mol. The van der Waals surface area contributed by atoms with E-state index in [9.17, 15) is 4.79 Å². The number of hydrogen-bond acceptors (Lipinski definition) is 2. The van der Waals surface area contributed by atoms with Gasteiger partial charge in [0, 0.05) is 18.3 Å². The van der Waals surface area contributed by atoms with Crippen LogP contribution in [0.2, 0.25) is 0 Å². The minimum absolute atomic E-state index is 0. The van der Waals surface area contributed by atoms with Gasteiger partial charge in [-0.25, -0.2) is 4.98 Å². The molecule has 0 fully saturated rings. The second kappa shape index (κ2) is 6.48. The van der Waals surface area contributed by atoms with Crippen LogP contribution in [0.3, 0.4) is 0 Å². The molecule has 1 aromatic rings. The Morgan fingerprint density at radius 1 is 1.54 bits per heavy atom. The van der Waals surface area contributed by atoms with Crippen LogP contribution < -0.4 is 0 Å². The molecule has 4 nitrogen and oxygen atoms in total. The maximum atomic E-state index is 10.1. The molecule has 1 rings (SSSR count). The molecule has 0 saturated carbocycles. The molecule has 1 heterocycles. The molecule has 0 saturated heterocycles. The first-order valence-electron chi connectivity index (χ1n) is 3.98. The summed E-state index contributed by atoms with van der Waals surface area (Å²) in [5.74, 6) is -0.723. The second-order valence-corrected chi connectivity index (χ2v) is 2.68. The van der Waals surface area contributed by atoms with Crippen molar-refractivity contribution < 1.29 is 9.90 Å². The standard InChI is InChI=1S/C8H12N2O2.ClH/c11-8(12)4-2-1-3-7-5-9-6-10-7;/h5-6H,1-4H2,(H,9,10)(H,11,12);1H. The average molecular weight is 205 g/mol. The summed E-state index contributed by atoms with van der Waals surface area (Å²) in [7, 11) is 0. The van der Waals surface area contributed by atoms with E-state index in [4.69, 9.17) is 5.11 Å². The molecule has 13 heavy (non-hydrogen) atoms. The maximum Gasteiger partial charge on any atom is 0.303 e. The number of hydrogen-bond donors (Lipinski definition) is 2. The number of nitrogens with zero attached hydrogens (tertiary/aromatic N) is 1. The van der Waals surface area contributed by atoms with Crippen molar-refractivity contribution in [1.82, 2.24) is 9.97 Å². The fourth-order valence-electron chi connectivity index (χ4n) is 1.01. The highest BCUT2D eigenvalue weighted by Crippen LogP contribution is 2.02. The first-order valence-corrected chi connectivity index (χ1v) is 3.98. The van der Waals surface area contributed by atoms with E-state index in [1.54, 1.807) is 12.5 Å². The molecule has 2 N–H and O–H groups in total. The van der Waals surface area contributed by atoms with E-state index in [0.717, 1.165) is 25.0 Å². The summed E-state index contributed by atoms with van der Waals surface area (Å²) in [6.45, 7) is 0. The molecule has 5 heteroatoms. The van der Waals surface area contributed by atoms with Crippen LogP contribution in [0.1, 0.15) is 25.0 Å². The van der Waals surface area contributed by atoms with Gasteiger partial charge in [0.25, 0.3) is 0 Å². The zero-order chi connectivity index (χ0) is 8.81. The highest BCUT2D eigenvalue weighted by Gasteiger charge is 1.97. The Kier molecular flexibility index (Phi) is 5.97. The largest absolute Gasteiger partial charge is 0.481 e. The number of aromatic amines is 1. The predicted octanol–water partition coefficient (Wildman–Crippen LogP) is 1.63. The van der Waals surface area contributed by atoms with Crippen LogP contribution in [-0.2, 0) is 11.2 Å². The number of carboxylic acids is 1. The Morgan fingerprint density at radius 3 is 2.85 bits per heavy atom. The summed E-state index contributed by atoms with van der Waals surface area (Å²) in [4.78, 5) is 17.0. The molecule has 0 aromatic carbocycles. The maximum absolute atomic E-state index is 10.1. The summed E-state index contributed by atoms with van der Waals surface area (Å²) < 4.78 is 0. The van der Waals surface area contributed by atoms with Crippen LogP contribution in [0.15, 0.2) is 12.5 Å². The first-order chi connectivity index (χ1) is 5.79. The smallest absolute Gasteiger partial charge is 0.303 e. The number of carbonyl (C=O) groups is 1. The molecule has 0 aliphatic rings. The minimum atomic E-state index is -0.723. The van der Waals surface area contributed by atoms with Crippen molar-refractivity contribution in [1.29, 1.82) is 0 Å². The highest BCUT2D eigenvalue weighted by atomic mass is 35.5. The van der Waals surface area contributed by atoms with Gasteiger partial charge in [-0.05, 0) is 19.3 Å². The van der Waals surface area contributed by atoms with E-state index >= 15 is 0 Å². The molecule has 74 valence electrons. The van der Waals surface area contributed by atoms with Crippen molar-refractivity contribution in [3.8, 4) is 0 Å². The lowest BCUT2D eigenvalue weighted by Gasteiger charge is -1.95. The number of H-pyrrole nitrogens is 1. The lowest BCUT2D eigenvalue weighted by molar-refractivity contribution is -0.137. The molecule has 0 bridgehead atoms. The topological polar surface area (TPSA) is 66.0 Å². The Balaban J connectivity index is 0.00000144. The molecule has 0 unspecified atom stereocenters.